The van der Waals surface area contributed by atoms with E-state index in [4.69, 9.17) is 4.18 Å². The van der Waals surface area contributed by atoms with E-state index in [1.807, 2.05) is 0 Å². The molecule has 0 aliphatic heterocycles. The van der Waals surface area contributed by atoms with Crippen molar-refractivity contribution in [2.75, 3.05) is 32.8 Å². The molecular weight excluding hydrogens is 461 g/mol. The topological polar surface area (TPSA) is 43.4 Å². The zero-order chi connectivity index (χ0) is 26.8. The number of unbranched alkanes of at least 4 members (excludes halogenated alkanes) is 14. The Bertz CT molecular complexity index is 507. The fourth-order valence-electron chi connectivity index (χ4n) is 4.41. The van der Waals surface area contributed by atoms with Gasteiger partial charge in [0.15, 0.2) is 0 Å². The predicted octanol–water partition coefficient (Wildman–Crippen LogP) is 9.18. The van der Waals surface area contributed by atoms with Crippen molar-refractivity contribution in [3.63, 3.8) is 0 Å². The molecule has 35 heavy (non-hydrogen) atoms. The van der Waals surface area contributed by atoms with Crippen molar-refractivity contribution in [2.45, 2.75) is 156 Å². The van der Waals surface area contributed by atoms with Crippen LogP contribution in [0.15, 0.2) is 0 Å². The maximum absolute atomic E-state index is 13.8. The predicted molar refractivity (Wildman–Crippen MR) is 152 cm³/mol. The lowest BCUT2D eigenvalue weighted by Gasteiger charge is -2.34. The Morgan fingerprint density at radius 2 is 0.914 bits per heavy atom. The fraction of sp³-hybridized carbons (Fsp3) is 1.00. The van der Waals surface area contributed by atoms with Crippen molar-refractivity contribution >= 4 is 10.1 Å². The normalized spacial score (nSPS) is 12.9. The van der Waals surface area contributed by atoms with Crippen LogP contribution in [0.2, 0.25) is 0 Å². The summed E-state index contributed by atoms with van der Waals surface area (Å²) in [6.45, 7) is 18.7. The van der Waals surface area contributed by atoms with E-state index in [9.17, 15) is 12.8 Å². The first-order valence-corrected chi connectivity index (χ1v) is 16.6. The minimum absolute atomic E-state index is 0.0598. The second-order valence-electron chi connectivity index (χ2n) is 10.1. The molecule has 1 atom stereocenters. The molecule has 0 heterocycles. The summed E-state index contributed by atoms with van der Waals surface area (Å²) in [5, 5.41) is 0. The van der Waals surface area contributed by atoms with Gasteiger partial charge in [-0.1, -0.05) is 104 Å². The smallest absolute Gasteiger partial charge is 0.299 e. The van der Waals surface area contributed by atoms with Gasteiger partial charge in [-0.25, -0.2) is 4.39 Å². The average Bonchev–Trinajstić information content (AvgIpc) is 2.86. The molecule has 0 aromatic heterocycles. The first-order chi connectivity index (χ1) is 16.8. The first-order valence-electron chi connectivity index (χ1n) is 15.2. The number of rotatable bonds is 24. The Morgan fingerprint density at radius 3 is 1.26 bits per heavy atom. The van der Waals surface area contributed by atoms with Crippen molar-refractivity contribution in [1.29, 1.82) is 0 Å². The summed E-state index contributed by atoms with van der Waals surface area (Å²) in [7, 11) is -4.03. The maximum atomic E-state index is 13.8. The van der Waals surface area contributed by atoms with Gasteiger partial charge in [0, 0.05) is 0 Å². The quantitative estimate of drug-likeness (QED) is 0.0718. The molecule has 0 radical (unpaired) electrons. The number of hydrogen-bond donors (Lipinski definition) is 0. The zero-order valence-corrected chi connectivity index (χ0v) is 25.4. The molecule has 0 aromatic rings. The molecule has 1 unspecified atom stereocenters. The second kappa shape index (κ2) is 25.4. The molecule has 0 rings (SSSR count). The van der Waals surface area contributed by atoms with Gasteiger partial charge in [-0.05, 0) is 47.0 Å². The standard InChI is InChI=1S/C21H43FO3S.C8H20N/c1-3-5-7-9-10-11-12-13-14-16-18-20-25-26(23,24)21(22)19-17-15-8-6-4-2;1-5-9(6-2,7-3)8-4/h21H,3-20H2,1-2H3;5-8H2,1-4H3/q;+1. The van der Waals surface area contributed by atoms with Crippen LogP contribution in [0, 0.1) is 0 Å². The molecule has 0 aliphatic rings. The van der Waals surface area contributed by atoms with Gasteiger partial charge in [0.1, 0.15) is 0 Å². The molecule has 214 valence electrons. The number of quaternary nitrogens is 1. The van der Waals surface area contributed by atoms with Crippen LogP contribution in [0.3, 0.4) is 0 Å². The zero-order valence-electron chi connectivity index (χ0n) is 24.6. The summed E-state index contributed by atoms with van der Waals surface area (Å²) < 4.78 is 43.4. The molecule has 0 spiro atoms. The monoisotopic (exact) mass is 524 g/mol. The molecule has 0 aromatic carbocycles. The minimum atomic E-state index is -4.03. The highest BCUT2D eigenvalue weighted by atomic mass is 32.2. The van der Waals surface area contributed by atoms with Crippen molar-refractivity contribution in [1.82, 2.24) is 0 Å². The van der Waals surface area contributed by atoms with E-state index >= 15 is 0 Å². The van der Waals surface area contributed by atoms with Gasteiger partial charge in [0.05, 0.1) is 32.8 Å². The molecule has 0 aliphatic carbocycles. The first kappa shape index (κ1) is 37.0. The van der Waals surface area contributed by atoms with Gasteiger partial charge in [0.25, 0.3) is 10.1 Å². The van der Waals surface area contributed by atoms with Crippen molar-refractivity contribution in [3.05, 3.63) is 0 Å². The third-order valence-electron chi connectivity index (χ3n) is 7.53. The van der Waals surface area contributed by atoms with Crippen LogP contribution in [0.25, 0.3) is 0 Å². The lowest BCUT2D eigenvalue weighted by Crippen LogP contribution is -2.47. The summed E-state index contributed by atoms with van der Waals surface area (Å²) in [6.07, 6.45) is 18.1. The van der Waals surface area contributed by atoms with Gasteiger partial charge >= 0.3 is 0 Å². The van der Waals surface area contributed by atoms with E-state index in [1.165, 1.54) is 82.0 Å². The van der Waals surface area contributed by atoms with Crippen LogP contribution in [0.1, 0.15) is 151 Å². The lowest BCUT2D eigenvalue weighted by molar-refractivity contribution is -0.921. The highest BCUT2D eigenvalue weighted by Crippen LogP contribution is 2.17. The van der Waals surface area contributed by atoms with Crippen LogP contribution in [0.5, 0.6) is 0 Å². The van der Waals surface area contributed by atoms with Crippen molar-refractivity contribution < 1.29 is 21.5 Å². The number of alkyl halides is 1. The summed E-state index contributed by atoms with van der Waals surface area (Å²) in [5.41, 5.74) is -1.86. The fourth-order valence-corrected chi connectivity index (χ4v) is 5.36. The molecule has 0 bridgehead atoms. The van der Waals surface area contributed by atoms with Gasteiger partial charge < -0.3 is 4.48 Å². The van der Waals surface area contributed by atoms with Crippen molar-refractivity contribution in [2.24, 2.45) is 0 Å². The van der Waals surface area contributed by atoms with E-state index < -0.39 is 15.6 Å². The lowest BCUT2D eigenvalue weighted by atomic mass is 10.1. The Morgan fingerprint density at radius 1 is 0.571 bits per heavy atom. The number of nitrogens with zero attached hydrogens (tertiary/aromatic N) is 1. The van der Waals surface area contributed by atoms with Crippen LogP contribution >= 0.6 is 0 Å². The van der Waals surface area contributed by atoms with E-state index in [1.54, 1.807) is 0 Å². The van der Waals surface area contributed by atoms with Crippen LogP contribution in [-0.4, -0.2) is 51.2 Å². The second-order valence-corrected chi connectivity index (χ2v) is 11.8. The molecule has 0 N–H and O–H groups in total. The van der Waals surface area contributed by atoms with E-state index in [0.29, 0.717) is 12.8 Å². The SMILES string of the molecule is CCCCCCCCCCCCCOS(=O)(=O)C(F)CCCCCCC.CC[N+](CC)(CC)CC. The Balaban J connectivity index is 0. The molecule has 0 fully saturated rings. The van der Waals surface area contributed by atoms with E-state index in [0.717, 1.165) is 38.5 Å². The maximum Gasteiger partial charge on any atom is 0.299 e. The number of hydrogen-bond acceptors (Lipinski definition) is 3. The third kappa shape index (κ3) is 21.6. The highest BCUT2D eigenvalue weighted by molar-refractivity contribution is 7.87. The Labute approximate surface area is 220 Å². The minimum Gasteiger partial charge on any atom is -0.325 e. The van der Waals surface area contributed by atoms with Crippen LogP contribution < -0.4 is 0 Å². The summed E-state index contributed by atoms with van der Waals surface area (Å²) in [6, 6.07) is 0. The highest BCUT2D eigenvalue weighted by Gasteiger charge is 2.25. The Kier molecular flexibility index (Phi) is 26.9. The molecule has 4 nitrogen and oxygen atoms in total. The third-order valence-corrected chi connectivity index (χ3v) is 8.88. The van der Waals surface area contributed by atoms with Gasteiger partial charge in [-0.2, -0.15) is 8.42 Å². The molecule has 0 saturated carbocycles. The molecule has 0 amide bonds. The van der Waals surface area contributed by atoms with Gasteiger partial charge in [-0.3, -0.25) is 4.18 Å². The van der Waals surface area contributed by atoms with E-state index in [-0.39, 0.29) is 13.0 Å². The van der Waals surface area contributed by atoms with Crippen LogP contribution in [0.4, 0.5) is 4.39 Å². The van der Waals surface area contributed by atoms with Gasteiger partial charge in [0.2, 0.25) is 5.50 Å². The summed E-state index contributed by atoms with van der Waals surface area (Å²) in [5.74, 6) is 0. The van der Waals surface area contributed by atoms with Crippen molar-refractivity contribution in [3.8, 4) is 0 Å². The van der Waals surface area contributed by atoms with Gasteiger partial charge in [-0.15, -0.1) is 0 Å². The summed E-state index contributed by atoms with van der Waals surface area (Å²) in [4.78, 5) is 0. The summed E-state index contributed by atoms with van der Waals surface area (Å²) >= 11 is 0. The van der Waals surface area contributed by atoms with E-state index in [2.05, 4.69) is 41.5 Å². The molecular formula is C29H63FNO3S+. The largest absolute Gasteiger partial charge is 0.325 e. The average molecular weight is 525 g/mol. The molecule has 6 heteroatoms. The molecule has 0 saturated heterocycles. The Hall–Kier alpha value is -0.200. The number of halogens is 1. The van der Waals surface area contributed by atoms with Crippen LogP contribution in [-0.2, 0) is 14.3 Å².